The van der Waals surface area contributed by atoms with Gasteiger partial charge in [-0.3, -0.25) is 14.4 Å². The first-order valence-corrected chi connectivity index (χ1v) is 10.5. The molecule has 0 saturated carbocycles. The molecular weight excluding hydrogens is 426 g/mol. The fraction of sp³-hybridized carbons (Fsp3) is 0.240. The summed E-state index contributed by atoms with van der Waals surface area (Å²) in [4.78, 5) is 39.3. The van der Waals surface area contributed by atoms with Crippen LogP contribution < -0.4 is 9.47 Å². The molecule has 0 spiro atoms. The van der Waals surface area contributed by atoms with Crippen molar-refractivity contribution in [2.75, 3.05) is 13.7 Å². The fourth-order valence-corrected chi connectivity index (χ4v) is 4.06. The molecule has 33 heavy (non-hydrogen) atoms. The van der Waals surface area contributed by atoms with Crippen molar-refractivity contribution in [3.8, 4) is 11.5 Å². The highest BCUT2D eigenvalue weighted by Crippen LogP contribution is 2.41. The molecule has 1 N–H and O–H groups in total. The Labute approximate surface area is 190 Å². The molecule has 3 aromatic rings. The van der Waals surface area contributed by atoms with Crippen LogP contribution in [0.3, 0.4) is 0 Å². The number of esters is 1. The number of ether oxygens (including phenoxy) is 2. The number of ketones is 1. The van der Waals surface area contributed by atoms with Crippen molar-refractivity contribution in [1.29, 1.82) is 0 Å². The number of hydrogen-bond donors (Lipinski definition) is 1. The number of rotatable bonds is 7. The maximum atomic E-state index is 13.6. The molecule has 1 atom stereocenters. The average Bonchev–Trinajstić information content (AvgIpc) is 3.33. The van der Waals surface area contributed by atoms with E-state index in [0.29, 0.717) is 35.2 Å². The molecule has 1 aromatic heterocycles. The third-order valence-corrected chi connectivity index (χ3v) is 5.40. The van der Waals surface area contributed by atoms with Crippen LogP contribution in [0.15, 0.2) is 64.3 Å². The Balaban J connectivity index is 1.82. The molecule has 4 rings (SSSR count). The second-order valence-corrected chi connectivity index (χ2v) is 7.65. The van der Waals surface area contributed by atoms with Crippen molar-refractivity contribution in [1.82, 2.24) is 4.90 Å². The molecular formula is C25H23NO7. The Morgan fingerprint density at radius 2 is 1.91 bits per heavy atom. The summed E-state index contributed by atoms with van der Waals surface area (Å²) in [6, 6.07) is 12.5. The first kappa shape index (κ1) is 22.1. The van der Waals surface area contributed by atoms with Crippen molar-refractivity contribution in [3.63, 3.8) is 0 Å². The fourth-order valence-electron chi connectivity index (χ4n) is 4.06. The lowest BCUT2D eigenvalue weighted by Crippen LogP contribution is -2.31. The topological polar surface area (TPSA) is 106 Å². The van der Waals surface area contributed by atoms with Crippen LogP contribution in [0.25, 0.3) is 11.0 Å². The van der Waals surface area contributed by atoms with Gasteiger partial charge in [0.1, 0.15) is 5.75 Å². The van der Waals surface area contributed by atoms with E-state index in [-0.39, 0.29) is 17.1 Å². The zero-order chi connectivity index (χ0) is 23.7. The van der Waals surface area contributed by atoms with Crippen molar-refractivity contribution < 1.29 is 33.4 Å². The monoisotopic (exact) mass is 449 g/mol. The van der Waals surface area contributed by atoms with E-state index in [1.807, 2.05) is 6.92 Å². The number of carbonyl (C=O) groups excluding carboxylic acids is 3. The number of fused-ring (bicyclic) bond motifs is 1. The Kier molecular flexibility index (Phi) is 5.91. The Morgan fingerprint density at radius 1 is 1.15 bits per heavy atom. The number of nitrogens with zero attached hydrogens (tertiary/aromatic N) is 1. The molecule has 0 aliphatic carbocycles. The largest absolute Gasteiger partial charge is 0.503 e. The van der Waals surface area contributed by atoms with Gasteiger partial charge in [-0.05, 0) is 36.2 Å². The van der Waals surface area contributed by atoms with Crippen molar-refractivity contribution in [3.05, 3.63) is 71.2 Å². The summed E-state index contributed by atoms with van der Waals surface area (Å²) < 4.78 is 16.3. The summed E-state index contributed by atoms with van der Waals surface area (Å²) >= 11 is 0. The van der Waals surface area contributed by atoms with Crippen molar-refractivity contribution in [2.45, 2.75) is 26.3 Å². The minimum atomic E-state index is -0.865. The number of furan rings is 1. The van der Waals surface area contributed by atoms with Crippen molar-refractivity contribution >= 4 is 28.6 Å². The molecule has 1 aliphatic heterocycles. The van der Waals surface area contributed by atoms with E-state index in [1.54, 1.807) is 48.5 Å². The molecule has 2 heterocycles. The maximum Gasteiger partial charge on any atom is 0.308 e. The van der Waals surface area contributed by atoms with Crippen LogP contribution in [0.1, 0.15) is 42.4 Å². The number of amides is 1. The summed E-state index contributed by atoms with van der Waals surface area (Å²) in [6.45, 7) is 3.49. The third kappa shape index (κ3) is 3.95. The van der Waals surface area contributed by atoms with Crippen LogP contribution in [0.4, 0.5) is 0 Å². The molecule has 1 unspecified atom stereocenters. The van der Waals surface area contributed by atoms with Crippen LogP contribution in [-0.4, -0.2) is 41.3 Å². The molecule has 0 radical (unpaired) electrons. The van der Waals surface area contributed by atoms with E-state index in [2.05, 4.69) is 0 Å². The van der Waals surface area contributed by atoms with Gasteiger partial charge >= 0.3 is 5.97 Å². The highest BCUT2D eigenvalue weighted by molar-refractivity contribution is 6.16. The Morgan fingerprint density at radius 3 is 2.61 bits per heavy atom. The number of Topliss-reactive ketones (excluding diaryl/α,β-unsaturated/α-hetero) is 1. The molecule has 1 aliphatic rings. The minimum absolute atomic E-state index is 0.0247. The zero-order valence-corrected chi connectivity index (χ0v) is 18.5. The molecule has 8 heteroatoms. The van der Waals surface area contributed by atoms with Gasteiger partial charge in [-0.25, -0.2) is 0 Å². The number of aliphatic hydroxyl groups excluding tert-OH is 1. The number of methoxy groups -OCH3 is 1. The molecule has 170 valence electrons. The standard InChI is InChI=1S/C25H23NO7/c1-4-11-26-21(15-7-5-9-17(12-15)32-14(2)27)20(23(29)25(26)30)22(28)19-13-16-8-6-10-18(31-3)24(16)33-19/h5-10,12-13,21,29H,4,11H2,1-3H3. The summed E-state index contributed by atoms with van der Waals surface area (Å²) in [6.07, 6.45) is 0.614. The average molecular weight is 449 g/mol. The molecule has 8 nitrogen and oxygen atoms in total. The number of para-hydroxylation sites is 1. The predicted molar refractivity (Wildman–Crippen MR) is 119 cm³/mol. The van der Waals surface area contributed by atoms with Crippen molar-refractivity contribution in [2.24, 2.45) is 0 Å². The maximum absolute atomic E-state index is 13.6. The van der Waals surface area contributed by atoms with Gasteiger partial charge in [-0.1, -0.05) is 31.2 Å². The number of hydrogen-bond acceptors (Lipinski definition) is 7. The van der Waals surface area contributed by atoms with E-state index in [9.17, 15) is 19.5 Å². The molecule has 0 fully saturated rings. The van der Waals surface area contributed by atoms with Gasteiger partial charge in [0.2, 0.25) is 5.78 Å². The normalized spacial score (nSPS) is 15.9. The van der Waals surface area contributed by atoms with E-state index < -0.39 is 29.5 Å². The van der Waals surface area contributed by atoms with Gasteiger partial charge in [-0.15, -0.1) is 0 Å². The van der Waals surface area contributed by atoms with Gasteiger partial charge in [0, 0.05) is 18.9 Å². The second-order valence-electron chi connectivity index (χ2n) is 7.65. The number of benzene rings is 2. The quantitative estimate of drug-likeness (QED) is 0.325. The first-order valence-electron chi connectivity index (χ1n) is 10.5. The van der Waals surface area contributed by atoms with E-state index >= 15 is 0 Å². The highest BCUT2D eigenvalue weighted by Gasteiger charge is 2.44. The highest BCUT2D eigenvalue weighted by atomic mass is 16.5. The lowest BCUT2D eigenvalue weighted by molar-refractivity contribution is -0.132. The predicted octanol–water partition coefficient (Wildman–Crippen LogP) is 4.36. The zero-order valence-electron chi connectivity index (χ0n) is 18.5. The number of aliphatic hydroxyl groups is 1. The van der Waals surface area contributed by atoms with E-state index in [0.717, 1.165) is 0 Å². The summed E-state index contributed by atoms with van der Waals surface area (Å²) in [5, 5.41) is 11.4. The first-order chi connectivity index (χ1) is 15.8. The van der Waals surface area contributed by atoms with Crippen LogP contribution in [0.5, 0.6) is 11.5 Å². The van der Waals surface area contributed by atoms with Gasteiger partial charge < -0.3 is 23.9 Å². The summed E-state index contributed by atoms with van der Waals surface area (Å²) in [5.41, 5.74) is 0.828. The Hall–Kier alpha value is -4.07. The van der Waals surface area contributed by atoms with Crippen LogP contribution >= 0.6 is 0 Å². The van der Waals surface area contributed by atoms with Crippen LogP contribution in [0, 0.1) is 0 Å². The summed E-state index contributed by atoms with van der Waals surface area (Å²) in [5.74, 6) is -1.66. The molecule has 2 aromatic carbocycles. The smallest absolute Gasteiger partial charge is 0.308 e. The third-order valence-electron chi connectivity index (χ3n) is 5.40. The van der Waals surface area contributed by atoms with Crippen LogP contribution in [-0.2, 0) is 9.59 Å². The second kappa shape index (κ2) is 8.82. The Bertz CT molecular complexity index is 1290. The van der Waals surface area contributed by atoms with E-state index in [4.69, 9.17) is 13.9 Å². The molecule has 0 saturated heterocycles. The van der Waals surface area contributed by atoms with E-state index in [1.165, 1.54) is 18.9 Å². The lowest BCUT2D eigenvalue weighted by Gasteiger charge is -2.26. The van der Waals surface area contributed by atoms with Gasteiger partial charge in [0.25, 0.3) is 5.91 Å². The summed E-state index contributed by atoms with van der Waals surface area (Å²) in [7, 11) is 1.50. The van der Waals surface area contributed by atoms with Gasteiger partial charge in [-0.2, -0.15) is 0 Å². The van der Waals surface area contributed by atoms with Gasteiger partial charge in [0.05, 0.1) is 18.7 Å². The lowest BCUT2D eigenvalue weighted by atomic mass is 9.94. The van der Waals surface area contributed by atoms with Gasteiger partial charge in [0.15, 0.2) is 22.9 Å². The molecule has 1 amide bonds. The minimum Gasteiger partial charge on any atom is -0.503 e. The number of carbonyl (C=O) groups is 3. The molecule has 0 bridgehead atoms. The van der Waals surface area contributed by atoms with Crippen LogP contribution in [0.2, 0.25) is 0 Å². The SMILES string of the molecule is CCCN1C(=O)C(O)=C(C(=O)c2cc3cccc(OC)c3o2)C1c1cccc(OC(C)=O)c1.